The van der Waals surface area contributed by atoms with Gasteiger partial charge in [-0.05, 0) is 18.2 Å². The van der Waals surface area contributed by atoms with Crippen molar-refractivity contribution in [1.82, 2.24) is 19.9 Å². The van der Waals surface area contributed by atoms with Gasteiger partial charge < -0.3 is 24.7 Å². The molecule has 2 aromatic carbocycles. The predicted molar refractivity (Wildman–Crippen MR) is 125 cm³/mol. The Hall–Kier alpha value is -3.78. The molecule has 9 heteroatoms. The average molecular weight is 452 g/mol. The fourth-order valence-electron chi connectivity index (χ4n) is 3.38. The molecule has 0 saturated carbocycles. The molecule has 0 fully saturated rings. The molecule has 0 radical (unpaired) electrons. The summed E-state index contributed by atoms with van der Waals surface area (Å²) in [5.74, 6) is 1.70. The first-order valence-corrected chi connectivity index (χ1v) is 10.3. The third-order valence-corrected chi connectivity index (χ3v) is 5.17. The number of rotatable bonds is 7. The first-order chi connectivity index (χ1) is 15.6. The van der Waals surface area contributed by atoms with E-state index in [4.69, 9.17) is 26.1 Å². The Bertz CT molecular complexity index is 1240. The molecule has 4 aromatic rings. The van der Waals surface area contributed by atoms with Crippen LogP contribution in [-0.2, 0) is 6.54 Å². The molecular formula is C23H22ClN5O3. The number of hydrogen-bond donors (Lipinski definition) is 2. The van der Waals surface area contributed by atoms with Gasteiger partial charge in [0.1, 0.15) is 22.8 Å². The molecule has 32 heavy (non-hydrogen) atoms. The number of amides is 2. The van der Waals surface area contributed by atoms with E-state index in [-0.39, 0.29) is 6.03 Å². The highest BCUT2D eigenvalue weighted by molar-refractivity contribution is 6.32. The van der Waals surface area contributed by atoms with Crippen LogP contribution < -0.4 is 20.1 Å². The lowest BCUT2D eigenvalue weighted by Crippen LogP contribution is -2.31. The van der Waals surface area contributed by atoms with Crippen LogP contribution in [0.3, 0.4) is 0 Å². The first kappa shape index (κ1) is 21.5. The minimum Gasteiger partial charge on any atom is -0.495 e. The van der Waals surface area contributed by atoms with E-state index < -0.39 is 0 Å². The number of ether oxygens (including phenoxy) is 2. The zero-order chi connectivity index (χ0) is 22.5. The van der Waals surface area contributed by atoms with Crippen molar-refractivity contribution < 1.29 is 14.3 Å². The van der Waals surface area contributed by atoms with Gasteiger partial charge >= 0.3 is 6.03 Å². The van der Waals surface area contributed by atoms with Gasteiger partial charge in [0.2, 0.25) is 0 Å². The van der Waals surface area contributed by atoms with Crippen LogP contribution in [-0.4, -0.2) is 41.3 Å². The molecule has 164 valence electrons. The van der Waals surface area contributed by atoms with Crippen LogP contribution in [0, 0.1) is 0 Å². The number of carbonyl (C=O) groups excluding carboxylic acids is 1. The van der Waals surface area contributed by atoms with Gasteiger partial charge in [-0.25, -0.2) is 14.8 Å². The van der Waals surface area contributed by atoms with Crippen LogP contribution in [0.4, 0.5) is 10.5 Å². The highest BCUT2D eigenvalue weighted by atomic mass is 35.5. The minimum atomic E-state index is -0.386. The number of nitrogens with one attached hydrogen (secondary N) is 2. The summed E-state index contributed by atoms with van der Waals surface area (Å²) in [5.41, 5.74) is 2.98. The summed E-state index contributed by atoms with van der Waals surface area (Å²) in [6, 6.07) is 16.5. The lowest BCUT2D eigenvalue weighted by Gasteiger charge is -2.14. The molecule has 0 aliphatic heterocycles. The van der Waals surface area contributed by atoms with E-state index in [9.17, 15) is 4.79 Å². The van der Waals surface area contributed by atoms with E-state index in [0.717, 1.165) is 22.6 Å². The van der Waals surface area contributed by atoms with Gasteiger partial charge in [0.25, 0.3) is 0 Å². The van der Waals surface area contributed by atoms with Crippen LogP contribution in [0.2, 0.25) is 5.02 Å². The van der Waals surface area contributed by atoms with Crippen molar-refractivity contribution in [3.63, 3.8) is 0 Å². The average Bonchev–Trinajstić information content (AvgIpc) is 3.18. The number of aromatic nitrogens is 3. The van der Waals surface area contributed by atoms with Gasteiger partial charge in [-0.2, -0.15) is 0 Å². The van der Waals surface area contributed by atoms with E-state index in [1.165, 1.54) is 14.2 Å². The van der Waals surface area contributed by atoms with E-state index in [1.807, 2.05) is 47.0 Å². The number of hydrogen-bond acceptors (Lipinski definition) is 5. The molecule has 4 rings (SSSR count). The van der Waals surface area contributed by atoms with Crippen molar-refractivity contribution in [2.24, 2.45) is 0 Å². The van der Waals surface area contributed by atoms with Crippen LogP contribution in [0.1, 0.15) is 0 Å². The van der Waals surface area contributed by atoms with E-state index >= 15 is 0 Å². The highest BCUT2D eigenvalue weighted by Gasteiger charge is 2.15. The van der Waals surface area contributed by atoms with Crippen LogP contribution >= 0.6 is 11.6 Å². The van der Waals surface area contributed by atoms with Crippen molar-refractivity contribution in [1.29, 1.82) is 0 Å². The zero-order valence-electron chi connectivity index (χ0n) is 17.6. The number of methoxy groups -OCH3 is 2. The number of pyridine rings is 1. The van der Waals surface area contributed by atoms with Crippen molar-refractivity contribution in [3.05, 3.63) is 65.8 Å². The predicted octanol–water partition coefficient (Wildman–Crippen LogP) is 4.59. The maximum Gasteiger partial charge on any atom is 0.319 e. The maximum absolute atomic E-state index is 12.5. The number of fused-ring (bicyclic) bond motifs is 1. The molecule has 2 N–H and O–H groups in total. The topological polar surface area (TPSA) is 90.3 Å². The van der Waals surface area contributed by atoms with Crippen LogP contribution in [0.25, 0.3) is 22.6 Å². The largest absolute Gasteiger partial charge is 0.495 e. The molecule has 8 nitrogen and oxygen atoms in total. The Morgan fingerprint density at radius 3 is 2.59 bits per heavy atom. The second-order valence-corrected chi connectivity index (χ2v) is 7.27. The molecule has 0 saturated heterocycles. The van der Waals surface area contributed by atoms with Crippen molar-refractivity contribution >= 4 is 34.5 Å². The third-order valence-electron chi connectivity index (χ3n) is 4.88. The van der Waals surface area contributed by atoms with Gasteiger partial charge in [0.05, 0.1) is 24.9 Å². The van der Waals surface area contributed by atoms with Crippen molar-refractivity contribution in [3.8, 4) is 22.9 Å². The highest BCUT2D eigenvalue weighted by Crippen LogP contribution is 2.35. The fourth-order valence-corrected chi connectivity index (χ4v) is 3.62. The Balaban J connectivity index is 1.48. The lowest BCUT2D eigenvalue weighted by molar-refractivity contribution is 0.251. The first-order valence-electron chi connectivity index (χ1n) is 9.93. The number of urea groups is 1. The number of benzene rings is 2. The molecule has 0 bridgehead atoms. The second kappa shape index (κ2) is 9.57. The zero-order valence-corrected chi connectivity index (χ0v) is 18.4. The number of carbonyl (C=O) groups is 1. The van der Waals surface area contributed by atoms with Gasteiger partial charge in [0, 0.05) is 30.9 Å². The Labute approximate surface area is 190 Å². The number of nitrogens with zero attached hydrogens (tertiary/aromatic N) is 3. The van der Waals surface area contributed by atoms with E-state index in [1.54, 1.807) is 18.3 Å². The lowest BCUT2D eigenvalue weighted by atomic mass is 10.2. The Morgan fingerprint density at radius 1 is 1.06 bits per heavy atom. The fraction of sp³-hybridized carbons (Fsp3) is 0.174. The van der Waals surface area contributed by atoms with Crippen molar-refractivity contribution in [2.45, 2.75) is 6.54 Å². The quantitative estimate of drug-likeness (QED) is 0.429. The van der Waals surface area contributed by atoms with Crippen LogP contribution in [0.15, 0.2) is 60.8 Å². The van der Waals surface area contributed by atoms with Gasteiger partial charge in [-0.3, -0.25) is 0 Å². The smallest absolute Gasteiger partial charge is 0.319 e. The SMILES string of the molecule is COc1cc(OC)c(NC(=O)NCCn2c(-c3ccccc3)nc3cccnc32)cc1Cl. The molecule has 2 heterocycles. The summed E-state index contributed by atoms with van der Waals surface area (Å²) in [6.45, 7) is 0.853. The number of anilines is 1. The normalized spacial score (nSPS) is 10.7. The maximum atomic E-state index is 12.5. The number of imidazole rings is 1. The van der Waals surface area contributed by atoms with Crippen LogP contribution in [0.5, 0.6) is 11.5 Å². The molecule has 2 aromatic heterocycles. The van der Waals surface area contributed by atoms with Gasteiger partial charge in [-0.15, -0.1) is 0 Å². The summed E-state index contributed by atoms with van der Waals surface area (Å²) in [5, 5.41) is 5.99. The van der Waals surface area contributed by atoms with Crippen molar-refractivity contribution in [2.75, 3.05) is 26.1 Å². The summed E-state index contributed by atoms with van der Waals surface area (Å²) >= 11 is 6.18. The standard InChI is InChI=1S/C23H22ClN5O3/c1-31-19-14-20(32-2)18(13-16(19)24)28-23(30)26-11-12-29-21(15-7-4-3-5-8-15)27-17-9-6-10-25-22(17)29/h3-10,13-14H,11-12H2,1-2H3,(H2,26,28,30). The van der Waals surface area contributed by atoms with E-state index in [2.05, 4.69) is 15.6 Å². The second-order valence-electron chi connectivity index (χ2n) is 6.87. The molecule has 0 atom stereocenters. The molecule has 0 aliphatic carbocycles. The molecular weight excluding hydrogens is 430 g/mol. The van der Waals surface area contributed by atoms with Gasteiger partial charge in [-0.1, -0.05) is 41.9 Å². The minimum absolute atomic E-state index is 0.361. The van der Waals surface area contributed by atoms with Gasteiger partial charge in [0.15, 0.2) is 5.65 Å². The molecule has 0 spiro atoms. The molecule has 0 aliphatic rings. The number of halogens is 1. The summed E-state index contributed by atoms with van der Waals surface area (Å²) < 4.78 is 12.5. The monoisotopic (exact) mass is 451 g/mol. The summed E-state index contributed by atoms with van der Waals surface area (Å²) in [7, 11) is 3.02. The summed E-state index contributed by atoms with van der Waals surface area (Å²) in [6.07, 6.45) is 1.73. The Morgan fingerprint density at radius 2 is 1.84 bits per heavy atom. The third kappa shape index (κ3) is 4.45. The Kier molecular flexibility index (Phi) is 6.42. The molecule has 0 unspecified atom stereocenters. The van der Waals surface area contributed by atoms with E-state index in [0.29, 0.717) is 35.3 Å². The molecule has 2 amide bonds. The summed E-state index contributed by atoms with van der Waals surface area (Å²) in [4.78, 5) is 21.7.